The monoisotopic (exact) mass is 367 g/mol. The molecule has 0 bridgehead atoms. The lowest BCUT2D eigenvalue weighted by Crippen LogP contribution is -2.38. The molecule has 136 valence electrons. The maximum atomic E-state index is 4.48. The molecule has 0 aliphatic carbocycles. The van der Waals surface area contributed by atoms with Gasteiger partial charge in [-0.05, 0) is 72.7 Å². The van der Waals surface area contributed by atoms with Crippen LogP contribution >= 0.6 is 11.3 Å². The number of aryl methyl sites for hydroxylation is 1. The summed E-state index contributed by atoms with van der Waals surface area (Å²) < 4.78 is 1.98. The minimum Gasteiger partial charge on any atom is -0.285 e. The zero-order valence-corrected chi connectivity index (χ0v) is 16.6. The zero-order valence-electron chi connectivity index (χ0n) is 15.8. The first-order valence-corrected chi connectivity index (χ1v) is 9.96. The third-order valence-electron chi connectivity index (χ3n) is 5.09. The summed E-state index contributed by atoms with van der Waals surface area (Å²) in [5.74, 6) is 0.929. The predicted octanol–water partition coefficient (Wildman–Crippen LogP) is 3.95. The van der Waals surface area contributed by atoms with E-state index in [1.54, 1.807) is 11.3 Å². The van der Waals surface area contributed by atoms with Gasteiger partial charge in [0, 0.05) is 18.0 Å². The molecular formula is C20H25N5S. The number of nitrogens with zero attached hydrogens (tertiary/aromatic N) is 5. The number of benzene rings is 1. The summed E-state index contributed by atoms with van der Waals surface area (Å²) in [5.41, 5.74) is 4.02. The summed E-state index contributed by atoms with van der Waals surface area (Å²) in [4.78, 5) is 3.85. The third kappa shape index (κ3) is 3.08. The number of rotatable bonds is 3. The van der Waals surface area contributed by atoms with Crippen molar-refractivity contribution in [2.45, 2.75) is 52.2 Å². The highest BCUT2D eigenvalue weighted by molar-refractivity contribution is 7.10. The molecule has 0 spiro atoms. The van der Waals surface area contributed by atoms with E-state index in [2.05, 4.69) is 83.8 Å². The number of tetrazole rings is 1. The molecule has 1 unspecified atom stereocenters. The van der Waals surface area contributed by atoms with Crippen molar-refractivity contribution in [3.63, 3.8) is 0 Å². The molecule has 3 aromatic rings. The maximum absolute atomic E-state index is 4.48. The van der Waals surface area contributed by atoms with Crippen molar-refractivity contribution in [1.29, 1.82) is 0 Å². The van der Waals surface area contributed by atoms with Crippen LogP contribution in [0.25, 0.3) is 0 Å². The van der Waals surface area contributed by atoms with E-state index < -0.39 is 0 Å². The first-order chi connectivity index (χ1) is 12.4. The van der Waals surface area contributed by atoms with Gasteiger partial charge < -0.3 is 0 Å². The summed E-state index contributed by atoms with van der Waals surface area (Å²) >= 11 is 1.79. The van der Waals surface area contributed by atoms with Crippen LogP contribution in [0.3, 0.4) is 0 Å². The summed E-state index contributed by atoms with van der Waals surface area (Å²) in [7, 11) is 0. The van der Waals surface area contributed by atoms with Crippen LogP contribution in [0.15, 0.2) is 35.7 Å². The third-order valence-corrected chi connectivity index (χ3v) is 5.95. The highest BCUT2D eigenvalue weighted by Gasteiger charge is 2.34. The van der Waals surface area contributed by atoms with Crippen LogP contribution in [0.1, 0.15) is 54.2 Å². The van der Waals surface area contributed by atoms with Crippen LogP contribution in [0, 0.1) is 6.92 Å². The first kappa shape index (κ1) is 17.4. The van der Waals surface area contributed by atoms with Crippen LogP contribution < -0.4 is 0 Å². The van der Waals surface area contributed by atoms with Gasteiger partial charge in [0.1, 0.15) is 0 Å². The molecule has 26 heavy (non-hydrogen) atoms. The van der Waals surface area contributed by atoms with Gasteiger partial charge >= 0.3 is 0 Å². The lowest BCUT2D eigenvalue weighted by Gasteiger charge is -2.36. The molecular weight excluding hydrogens is 342 g/mol. The quantitative estimate of drug-likeness (QED) is 0.703. The Balaban J connectivity index is 1.79. The summed E-state index contributed by atoms with van der Waals surface area (Å²) in [6, 6.07) is 11.1. The zero-order chi connectivity index (χ0) is 18.3. The molecule has 0 N–H and O–H groups in total. The van der Waals surface area contributed by atoms with Crippen LogP contribution in [0.5, 0.6) is 0 Å². The fraction of sp³-hybridized carbons (Fsp3) is 0.450. The molecule has 3 heterocycles. The van der Waals surface area contributed by atoms with Crippen LogP contribution in [0.4, 0.5) is 0 Å². The van der Waals surface area contributed by atoms with Crippen molar-refractivity contribution < 1.29 is 0 Å². The molecule has 0 amide bonds. The highest BCUT2D eigenvalue weighted by Crippen LogP contribution is 2.36. The molecule has 0 fully saturated rings. The smallest absolute Gasteiger partial charge is 0.173 e. The van der Waals surface area contributed by atoms with Gasteiger partial charge in [-0.2, -0.15) is 0 Å². The SMILES string of the molecule is Cc1sccc1C(c1nnnn1C(C)(C)C)N1CCc2ccccc2C1. The van der Waals surface area contributed by atoms with Gasteiger partial charge in [-0.3, -0.25) is 4.90 Å². The van der Waals surface area contributed by atoms with Crippen LogP contribution in [-0.2, 0) is 18.5 Å². The minimum atomic E-state index is -0.158. The molecule has 5 nitrogen and oxygen atoms in total. The number of thiophene rings is 1. The average Bonchev–Trinajstić information content (AvgIpc) is 3.25. The van der Waals surface area contributed by atoms with E-state index in [4.69, 9.17) is 0 Å². The second-order valence-corrected chi connectivity index (χ2v) is 9.06. The van der Waals surface area contributed by atoms with Gasteiger partial charge in [0.2, 0.25) is 0 Å². The number of hydrogen-bond donors (Lipinski definition) is 0. The molecule has 6 heteroatoms. The Morgan fingerprint density at radius 2 is 1.88 bits per heavy atom. The van der Waals surface area contributed by atoms with E-state index in [1.165, 1.54) is 21.6 Å². The predicted molar refractivity (Wildman–Crippen MR) is 104 cm³/mol. The van der Waals surface area contributed by atoms with E-state index in [1.807, 2.05) is 4.68 Å². The molecule has 1 aromatic carbocycles. The lowest BCUT2D eigenvalue weighted by molar-refractivity contribution is 0.185. The van der Waals surface area contributed by atoms with Gasteiger partial charge in [0.25, 0.3) is 0 Å². The Hall–Kier alpha value is -2.05. The van der Waals surface area contributed by atoms with Gasteiger partial charge in [0.05, 0.1) is 11.6 Å². The minimum absolute atomic E-state index is 0.0730. The Bertz CT molecular complexity index is 905. The van der Waals surface area contributed by atoms with E-state index in [-0.39, 0.29) is 11.6 Å². The van der Waals surface area contributed by atoms with E-state index in [9.17, 15) is 0 Å². The van der Waals surface area contributed by atoms with E-state index >= 15 is 0 Å². The lowest BCUT2D eigenvalue weighted by atomic mass is 9.96. The summed E-state index contributed by atoms with van der Waals surface area (Å²) in [6.07, 6.45) is 1.06. The van der Waals surface area contributed by atoms with Gasteiger partial charge in [-0.1, -0.05) is 24.3 Å². The van der Waals surface area contributed by atoms with Crippen molar-refractivity contribution in [3.05, 3.63) is 63.1 Å². The molecule has 4 rings (SSSR count). The topological polar surface area (TPSA) is 46.8 Å². The maximum Gasteiger partial charge on any atom is 0.173 e. The van der Waals surface area contributed by atoms with Crippen molar-refractivity contribution >= 4 is 11.3 Å². The normalized spacial score (nSPS) is 16.5. The van der Waals surface area contributed by atoms with E-state index in [0.717, 1.165) is 25.3 Å². The Morgan fingerprint density at radius 3 is 2.58 bits per heavy atom. The van der Waals surface area contributed by atoms with Crippen molar-refractivity contribution in [1.82, 2.24) is 25.1 Å². The van der Waals surface area contributed by atoms with Crippen molar-refractivity contribution in [2.24, 2.45) is 0 Å². The summed E-state index contributed by atoms with van der Waals surface area (Å²) in [6.45, 7) is 10.6. The van der Waals surface area contributed by atoms with Gasteiger partial charge in [0.15, 0.2) is 5.82 Å². The Kier molecular flexibility index (Phi) is 4.40. The Morgan fingerprint density at radius 1 is 1.12 bits per heavy atom. The second kappa shape index (κ2) is 6.59. The molecule has 1 aliphatic rings. The van der Waals surface area contributed by atoms with Gasteiger partial charge in [-0.25, -0.2) is 4.68 Å². The van der Waals surface area contributed by atoms with Crippen molar-refractivity contribution in [3.8, 4) is 0 Å². The molecule has 0 radical (unpaired) electrons. The summed E-state index contributed by atoms with van der Waals surface area (Å²) in [5, 5.41) is 15.0. The standard InChI is InChI=1S/C20H25N5S/c1-14-17(10-12-26-14)18(19-21-22-23-25(19)20(2,3)4)24-11-9-15-7-5-6-8-16(15)13-24/h5-8,10,12,18H,9,11,13H2,1-4H3. The number of fused-ring (bicyclic) bond motifs is 1. The molecule has 0 saturated carbocycles. The van der Waals surface area contributed by atoms with Crippen LogP contribution in [0.2, 0.25) is 0 Å². The van der Waals surface area contributed by atoms with E-state index in [0.29, 0.717) is 0 Å². The average molecular weight is 368 g/mol. The number of hydrogen-bond acceptors (Lipinski definition) is 5. The highest BCUT2D eigenvalue weighted by atomic mass is 32.1. The van der Waals surface area contributed by atoms with Crippen molar-refractivity contribution in [2.75, 3.05) is 6.54 Å². The molecule has 2 aromatic heterocycles. The van der Waals surface area contributed by atoms with Crippen LogP contribution in [-0.4, -0.2) is 31.7 Å². The Labute approximate surface area is 158 Å². The first-order valence-electron chi connectivity index (χ1n) is 9.09. The number of aromatic nitrogens is 4. The largest absolute Gasteiger partial charge is 0.285 e. The molecule has 1 aliphatic heterocycles. The van der Waals surface area contributed by atoms with Gasteiger partial charge in [-0.15, -0.1) is 16.4 Å². The second-order valence-electron chi connectivity index (χ2n) is 7.94. The fourth-order valence-electron chi connectivity index (χ4n) is 3.76. The molecule has 1 atom stereocenters. The fourth-order valence-corrected chi connectivity index (χ4v) is 4.49. The molecule has 0 saturated heterocycles.